The molecule has 0 bridgehead atoms. The maximum absolute atomic E-state index is 13.2. The van der Waals surface area contributed by atoms with Crippen LogP contribution in [0.4, 0.5) is 0 Å². The van der Waals surface area contributed by atoms with Crippen molar-refractivity contribution in [1.82, 2.24) is 0 Å². The van der Waals surface area contributed by atoms with Gasteiger partial charge in [-0.1, -0.05) is 42.5 Å². The zero-order chi connectivity index (χ0) is 23.4. The molecule has 4 rings (SSSR count). The Labute approximate surface area is 190 Å². The number of ether oxygens (including phenoxy) is 3. The molecule has 1 heterocycles. The second kappa shape index (κ2) is 9.44. The van der Waals surface area contributed by atoms with E-state index < -0.39 is 11.4 Å². The molecule has 0 saturated carbocycles. The number of aryl methyl sites for hydroxylation is 1. The molecule has 0 atom stereocenters. The van der Waals surface area contributed by atoms with Crippen molar-refractivity contribution in [2.45, 2.75) is 6.92 Å². The second-order valence-electron chi connectivity index (χ2n) is 7.32. The Bertz CT molecular complexity index is 1400. The fraction of sp³-hybridized carbons (Fsp3) is 0.111. The van der Waals surface area contributed by atoms with E-state index in [1.54, 1.807) is 55.7 Å². The second-order valence-corrected chi connectivity index (χ2v) is 7.32. The normalized spacial score (nSPS) is 11.0. The molecule has 0 spiro atoms. The van der Waals surface area contributed by atoms with Crippen molar-refractivity contribution >= 4 is 23.0 Å². The number of carbonyl (C=O) groups is 1. The molecule has 4 aromatic rings. The van der Waals surface area contributed by atoms with Gasteiger partial charge in [0.25, 0.3) is 0 Å². The molecule has 3 aromatic carbocycles. The molecule has 6 heteroatoms. The molecule has 166 valence electrons. The fourth-order valence-corrected chi connectivity index (χ4v) is 3.41. The molecule has 1 aromatic heterocycles. The van der Waals surface area contributed by atoms with Crippen molar-refractivity contribution in [1.29, 1.82) is 0 Å². The molecular formula is C27H22O6. The predicted octanol–water partition coefficient (Wildman–Crippen LogP) is 5.40. The van der Waals surface area contributed by atoms with Gasteiger partial charge in [-0.25, -0.2) is 4.79 Å². The van der Waals surface area contributed by atoms with Crippen molar-refractivity contribution in [2.75, 3.05) is 14.2 Å². The van der Waals surface area contributed by atoms with E-state index in [1.165, 1.54) is 13.2 Å². The summed E-state index contributed by atoms with van der Waals surface area (Å²) in [7, 11) is 3.08. The fourth-order valence-electron chi connectivity index (χ4n) is 3.41. The number of fused-ring (bicyclic) bond motifs is 1. The lowest BCUT2D eigenvalue weighted by molar-refractivity contribution is -0.129. The topological polar surface area (TPSA) is 75.0 Å². The van der Waals surface area contributed by atoms with Gasteiger partial charge in [-0.15, -0.1) is 0 Å². The lowest BCUT2D eigenvalue weighted by Crippen LogP contribution is -2.14. The van der Waals surface area contributed by atoms with Crippen LogP contribution in [0, 0.1) is 6.92 Å². The summed E-state index contributed by atoms with van der Waals surface area (Å²) in [4.78, 5) is 25.8. The number of rotatable bonds is 6. The highest BCUT2D eigenvalue weighted by molar-refractivity contribution is 5.91. The van der Waals surface area contributed by atoms with Crippen LogP contribution in [0.2, 0.25) is 0 Å². The third-order valence-electron chi connectivity index (χ3n) is 5.06. The van der Waals surface area contributed by atoms with Crippen LogP contribution >= 0.6 is 0 Å². The van der Waals surface area contributed by atoms with Gasteiger partial charge in [0, 0.05) is 11.6 Å². The highest BCUT2D eigenvalue weighted by atomic mass is 16.5. The average Bonchev–Trinajstić information content (AvgIpc) is 2.84. The summed E-state index contributed by atoms with van der Waals surface area (Å²) in [6.45, 7) is 1.91. The molecule has 0 aliphatic carbocycles. The minimum atomic E-state index is -0.708. The first-order valence-electron chi connectivity index (χ1n) is 10.2. The summed E-state index contributed by atoms with van der Waals surface area (Å²) in [6, 6.07) is 19.6. The monoisotopic (exact) mass is 442 g/mol. The highest BCUT2D eigenvalue weighted by Crippen LogP contribution is 2.31. The Balaban J connectivity index is 1.71. The van der Waals surface area contributed by atoms with Crippen molar-refractivity contribution in [3.63, 3.8) is 0 Å². The maximum atomic E-state index is 13.2. The molecule has 0 aliphatic heterocycles. The molecule has 0 radical (unpaired) electrons. The van der Waals surface area contributed by atoms with Crippen molar-refractivity contribution < 1.29 is 23.4 Å². The quantitative estimate of drug-likeness (QED) is 0.294. The van der Waals surface area contributed by atoms with Gasteiger partial charge in [0.15, 0.2) is 17.3 Å². The number of methoxy groups -OCH3 is 2. The molecule has 0 unspecified atom stereocenters. The number of benzene rings is 3. The van der Waals surface area contributed by atoms with Crippen LogP contribution in [0.5, 0.6) is 17.2 Å². The van der Waals surface area contributed by atoms with Crippen molar-refractivity contribution in [3.05, 3.63) is 94.2 Å². The van der Waals surface area contributed by atoms with Crippen LogP contribution in [0.15, 0.2) is 82.0 Å². The first-order valence-corrected chi connectivity index (χ1v) is 10.2. The van der Waals surface area contributed by atoms with E-state index in [0.29, 0.717) is 33.6 Å². The zero-order valence-corrected chi connectivity index (χ0v) is 18.5. The van der Waals surface area contributed by atoms with E-state index in [1.807, 2.05) is 31.2 Å². The van der Waals surface area contributed by atoms with Gasteiger partial charge in [-0.2, -0.15) is 0 Å². The number of hydrogen-bond acceptors (Lipinski definition) is 6. The lowest BCUT2D eigenvalue weighted by atomic mass is 10.1. The lowest BCUT2D eigenvalue weighted by Gasteiger charge is -2.10. The first-order chi connectivity index (χ1) is 16.0. The van der Waals surface area contributed by atoms with Crippen LogP contribution in [0.25, 0.3) is 28.4 Å². The van der Waals surface area contributed by atoms with Gasteiger partial charge in [-0.3, -0.25) is 4.79 Å². The molecule has 6 nitrogen and oxygen atoms in total. The SMILES string of the molecule is COc1ccc(C=CC(=O)Oc2c(-c3ccccc3)oc3cc(C)ccc3c2=O)cc1OC. The van der Waals surface area contributed by atoms with E-state index in [2.05, 4.69) is 0 Å². The van der Waals surface area contributed by atoms with Gasteiger partial charge in [-0.05, 0) is 48.4 Å². The van der Waals surface area contributed by atoms with Crippen LogP contribution in [0.1, 0.15) is 11.1 Å². The van der Waals surface area contributed by atoms with Crippen LogP contribution < -0.4 is 19.6 Å². The number of carbonyl (C=O) groups excluding carboxylic acids is 1. The molecule has 33 heavy (non-hydrogen) atoms. The van der Waals surface area contributed by atoms with Gasteiger partial charge in [0.05, 0.1) is 19.6 Å². The van der Waals surface area contributed by atoms with Gasteiger partial charge < -0.3 is 18.6 Å². The summed E-state index contributed by atoms with van der Waals surface area (Å²) in [6.07, 6.45) is 2.81. The van der Waals surface area contributed by atoms with Crippen LogP contribution in [-0.4, -0.2) is 20.2 Å². The third kappa shape index (κ3) is 4.65. The molecular weight excluding hydrogens is 420 g/mol. The standard InChI is InChI=1S/C27H22O6/c1-17-9-12-20-22(15-17)32-26(19-7-5-4-6-8-19)27(25(20)29)33-24(28)14-11-18-10-13-21(30-2)23(16-18)31-3/h4-16H,1-3H3. The third-order valence-corrected chi connectivity index (χ3v) is 5.06. The number of esters is 1. The largest absolute Gasteiger partial charge is 0.493 e. The van der Waals surface area contributed by atoms with Crippen LogP contribution in [-0.2, 0) is 4.79 Å². The minimum absolute atomic E-state index is 0.153. The average molecular weight is 442 g/mol. The Kier molecular flexibility index (Phi) is 6.26. The van der Waals surface area contributed by atoms with E-state index in [4.69, 9.17) is 18.6 Å². The summed E-state index contributed by atoms with van der Waals surface area (Å²) in [5.41, 5.74) is 2.30. The van der Waals surface area contributed by atoms with Gasteiger partial charge >= 0.3 is 5.97 Å². The molecule has 0 amide bonds. The maximum Gasteiger partial charge on any atom is 0.336 e. The summed E-state index contributed by atoms with van der Waals surface area (Å²) >= 11 is 0. The van der Waals surface area contributed by atoms with Crippen LogP contribution in [0.3, 0.4) is 0 Å². The molecule has 0 N–H and O–H groups in total. The molecule has 0 saturated heterocycles. The van der Waals surface area contributed by atoms with Gasteiger partial charge in [0.2, 0.25) is 11.2 Å². The summed E-state index contributed by atoms with van der Waals surface area (Å²) in [5.74, 6) is 0.449. The Hall–Kier alpha value is -4.32. The highest BCUT2D eigenvalue weighted by Gasteiger charge is 2.19. The predicted molar refractivity (Wildman–Crippen MR) is 127 cm³/mol. The van der Waals surface area contributed by atoms with E-state index in [9.17, 15) is 9.59 Å². The Morgan fingerprint density at radius 3 is 2.39 bits per heavy atom. The number of hydrogen-bond donors (Lipinski definition) is 0. The smallest absolute Gasteiger partial charge is 0.336 e. The first kappa shape index (κ1) is 21.9. The van der Waals surface area contributed by atoms with E-state index >= 15 is 0 Å². The Morgan fingerprint density at radius 1 is 0.909 bits per heavy atom. The zero-order valence-electron chi connectivity index (χ0n) is 18.5. The molecule has 0 aliphatic rings. The molecule has 0 fully saturated rings. The van der Waals surface area contributed by atoms with Gasteiger partial charge in [0.1, 0.15) is 5.58 Å². The summed E-state index contributed by atoms with van der Waals surface area (Å²) < 4.78 is 22.0. The van der Waals surface area contributed by atoms with Crippen molar-refractivity contribution in [2.24, 2.45) is 0 Å². The summed E-state index contributed by atoms with van der Waals surface area (Å²) in [5, 5.41) is 0.340. The van der Waals surface area contributed by atoms with E-state index in [-0.39, 0.29) is 11.5 Å². The van der Waals surface area contributed by atoms with E-state index in [0.717, 1.165) is 5.56 Å². The Morgan fingerprint density at radius 2 is 1.67 bits per heavy atom. The van der Waals surface area contributed by atoms with Crippen molar-refractivity contribution in [3.8, 4) is 28.6 Å². The minimum Gasteiger partial charge on any atom is -0.493 e.